The minimum atomic E-state index is 0.446. The van der Waals surface area contributed by atoms with E-state index in [2.05, 4.69) is 27.8 Å². The van der Waals surface area contributed by atoms with Gasteiger partial charge in [-0.3, -0.25) is 4.40 Å². The Labute approximate surface area is 205 Å². The van der Waals surface area contributed by atoms with Gasteiger partial charge in [0.15, 0.2) is 5.69 Å². The maximum atomic E-state index is 9.63. The molecule has 1 aliphatic heterocycles. The molecule has 0 aliphatic carbocycles. The van der Waals surface area contributed by atoms with Gasteiger partial charge in [0.2, 0.25) is 5.65 Å². The fraction of sp³-hybridized carbons (Fsp3) is 0.286. The molecule has 0 spiro atoms. The lowest BCUT2D eigenvalue weighted by molar-refractivity contribution is 0.148. The van der Waals surface area contributed by atoms with Crippen LogP contribution in [0.2, 0.25) is 0 Å². The molecule has 0 N–H and O–H groups in total. The van der Waals surface area contributed by atoms with Gasteiger partial charge in [0, 0.05) is 30.4 Å². The van der Waals surface area contributed by atoms with Crippen LogP contribution in [-0.4, -0.2) is 46.0 Å². The molecule has 4 aromatic rings. The highest BCUT2D eigenvalue weighted by atomic mass is 16.5. The predicted octanol–water partition coefficient (Wildman–Crippen LogP) is 5.51. The summed E-state index contributed by atoms with van der Waals surface area (Å²) in [4.78, 5) is 15.4. The lowest BCUT2D eigenvalue weighted by atomic mass is 9.99. The molecule has 5 rings (SSSR count). The molecule has 2 aromatic carbocycles. The third kappa shape index (κ3) is 4.47. The Morgan fingerprint density at radius 2 is 2.00 bits per heavy atom. The maximum absolute atomic E-state index is 9.63. The van der Waals surface area contributed by atoms with E-state index in [-0.39, 0.29) is 0 Å². The van der Waals surface area contributed by atoms with Crippen LogP contribution in [0.4, 0.5) is 5.69 Å². The Morgan fingerprint density at radius 3 is 2.74 bits per heavy atom. The Morgan fingerprint density at radius 1 is 1.20 bits per heavy atom. The summed E-state index contributed by atoms with van der Waals surface area (Å²) in [6.45, 7) is 11.9. The minimum absolute atomic E-state index is 0.446. The average Bonchev–Trinajstić information content (AvgIpc) is 3.37. The normalized spacial score (nSPS) is 16.1. The number of nitriles is 1. The van der Waals surface area contributed by atoms with Crippen LogP contribution in [0.25, 0.3) is 33.0 Å². The number of hydrogen-bond donors (Lipinski definition) is 0. The monoisotopic (exact) mass is 462 g/mol. The average molecular weight is 463 g/mol. The molecule has 1 saturated heterocycles. The number of fused-ring (bicyclic) bond motifs is 1. The van der Waals surface area contributed by atoms with Gasteiger partial charge in [-0.2, -0.15) is 5.26 Å². The fourth-order valence-electron chi connectivity index (χ4n) is 4.72. The van der Waals surface area contributed by atoms with Crippen LogP contribution in [0, 0.1) is 30.7 Å². The standard InChI is InChI=1S/C28H26N6O/c1-19-6-7-22(15-23(19)16-29)26-25(21-8-10-24(30-2)11-9-21)32-28(27-31-12-14-34(26)27)35-18-20-5-4-13-33(3)17-20/h6-12,14-15,20H,4-5,13,17-18H2,1,3H3/t20-/m1/s1. The second kappa shape index (κ2) is 9.58. The maximum Gasteiger partial charge on any atom is 0.259 e. The quantitative estimate of drug-likeness (QED) is 0.366. The number of imidazole rings is 1. The zero-order valence-corrected chi connectivity index (χ0v) is 19.9. The molecule has 7 heteroatoms. The number of benzene rings is 2. The molecule has 0 amide bonds. The van der Waals surface area contributed by atoms with Gasteiger partial charge in [-0.25, -0.2) is 14.8 Å². The second-order valence-electron chi connectivity index (χ2n) is 9.12. The van der Waals surface area contributed by atoms with Gasteiger partial charge in [-0.05, 0) is 50.6 Å². The summed E-state index contributed by atoms with van der Waals surface area (Å²) in [6, 6.07) is 15.5. The van der Waals surface area contributed by atoms with Crippen molar-refractivity contribution in [2.75, 3.05) is 26.7 Å². The van der Waals surface area contributed by atoms with Gasteiger partial charge in [0.1, 0.15) is 0 Å². The molecule has 1 atom stereocenters. The van der Waals surface area contributed by atoms with Crippen molar-refractivity contribution in [1.29, 1.82) is 5.26 Å². The van der Waals surface area contributed by atoms with Gasteiger partial charge in [0.25, 0.3) is 5.88 Å². The van der Waals surface area contributed by atoms with Crippen molar-refractivity contribution in [1.82, 2.24) is 19.3 Å². The van der Waals surface area contributed by atoms with Gasteiger partial charge in [0.05, 0.1) is 36.2 Å². The van der Waals surface area contributed by atoms with E-state index < -0.39 is 0 Å². The number of hydrogen-bond acceptors (Lipinski definition) is 5. The third-order valence-corrected chi connectivity index (χ3v) is 6.59. The summed E-state index contributed by atoms with van der Waals surface area (Å²) in [7, 11) is 2.15. The SMILES string of the molecule is [C-]#[N+]c1ccc(-c2nc(OC[C@@H]3CCCN(C)C3)c3nccn3c2-c2ccc(C)c(C#N)c2)cc1. The zero-order valence-electron chi connectivity index (χ0n) is 19.9. The lowest BCUT2D eigenvalue weighted by Crippen LogP contribution is -2.34. The Balaban J connectivity index is 1.65. The first-order valence-electron chi connectivity index (χ1n) is 11.7. The first-order chi connectivity index (χ1) is 17.1. The van der Waals surface area contributed by atoms with Gasteiger partial charge in [-0.15, -0.1) is 0 Å². The first kappa shape index (κ1) is 22.6. The Hall–Kier alpha value is -4.20. The van der Waals surface area contributed by atoms with E-state index in [4.69, 9.17) is 16.3 Å². The third-order valence-electron chi connectivity index (χ3n) is 6.59. The van der Waals surface area contributed by atoms with Crippen LogP contribution >= 0.6 is 0 Å². The summed E-state index contributed by atoms with van der Waals surface area (Å²) < 4.78 is 8.29. The van der Waals surface area contributed by atoms with Crippen molar-refractivity contribution in [2.24, 2.45) is 5.92 Å². The predicted molar refractivity (Wildman–Crippen MR) is 135 cm³/mol. The number of rotatable bonds is 5. The molecular formula is C28H26N6O. The molecule has 1 fully saturated rings. The Bertz CT molecular complexity index is 1460. The van der Waals surface area contributed by atoms with Gasteiger partial charge >= 0.3 is 0 Å². The first-order valence-corrected chi connectivity index (χ1v) is 11.7. The molecule has 0 bridgehead atoms. The smallest absolute Gasteiger partial charge is 0.259 e. The molecule has 1 aliphatic rings. The summed E-state index contributed by atoms with van der Waals surface area (Å²) in [5.41, 5.74) is 6.03. The van der Waals surface area contributed by atoms with Crippen LogP contribution in [0.1, 0.15) is 24.0 Å². The molecule has 0 unspecified atom stereocenters. The van der Waals surface area contributed by atoms with E-state index in [1.54, 1.807) is 18.3 Å². The van der Waals surface area contributed by atoms with Gasteiger partial charge < -0.3 is 9.64 Å². The van der Waals surface area contributed by atoms with Crippen LogP contribution in [0.3, 0.4) is 0 Å². The van der Waals surface area contributed by atoms with Crippen LogP contribution in [0.5, 0.6) is 5.88 Å². The van der Waals surface area contributed by atoms with Gasteiger partial charge in [-0.1, -0.05) is 36.4 Å². The molecule has 174 valence electrons. The largest absolute Gasteiger partial charge is 0.475 e. The lowest BCUT2D eigenvalue weighted by Gasteiger charge is -2.29. The molecule has 35 heavy (non-hydrogen) atoms. The number of likely N-dealkylation sites (tertiary alicyclic amines) is 1. The topological polar surface area (TPSA) is 70.8 Å². The van der Waals surface area contributed by atoms with Crippen molar-refractivity contribution >= 4 is 11.3 Å². The zero-order chi connectivity index (χ0) is 24.4. The summed E-state index contributed by atoms with van der Waals surface area (Å²) >= 11 is 0. The number of aryl methyl sites for hydroxylation is 1. The highest BCUT2D eigenvalue weighted by Crippen LogP contribution is 2.36. The molecule has 3 heterocycles. The van der Waals surface area contributed by atoms with Crippen LogP contribution in [0.15, 0.2) is 54.9 Å². The van der Waals surface area contributed by atoms with E-state index >= 15 is 0 Å². The van der Waals surface area contributed by atoms with Crippen molar-refractivity contribution in [3.8, 4) is 34.5 Å². The number of piperidine rings is 1. The Kier molecular flexibility index (Phi) is 6.18. The van der Waals surface area contributed by atoms with Crippen molar-refractivity contribution in [3.63, 3.8) is 0 Å². The minimum Gasteiger partial charge on any atom is -0.475 e. The molecular weight excluding hydrogens is 436 g/mol. The summed E-state index contributed by atoms with van der Waals surface area (Å²) in [6.07, 6.45) is 5.95. The summed E-state index contributed by atoms with van der Waals surface area (Å²) in [5, 5.41) is 9.63. The molecule has 0 saturated carbocycles. The fourth-order valence-corrected chi connectivity index (χ4v) is 4.72. The van der Waals surface area contributed by atoms with E-state index in [1.807, 2.05) is 47.9 Å². The van der Waals surface area contributed by atoms with Crippen molar-refractivity contribution in [2.45, 2.75) is 19.8 Å². The molecule has 0 radical (unpaired) electrons. The van der Waals surface area contributed by atoms with E-state index in [0.717, 1.165) is 47.6 Å². The van der Waals surface area contributed by atoms with Crippen LogP contribution < -0.4 is 4.74 Å². The molecule has 7 nitrogen and oxygen atoms in total. The van der Waals surface area contributed by atoms with Crippen molar-refractivity contribution < 1.29 is 4.74 Å². The van der Waals surface area contributed by atoms with E-state index in [9.17, 15) is 5.26 Å². The second-order valence-corrected chi connectivity index (χ2v) is 9.12. The van der Waals surface area contributed by atoms with Crippen molar-refractivity contribution in [3.05, 3.63) is 77.4 Å². The van der Waals surface area contributed by atoms with E-state index in [0.29, 0.717) is 35.3 Å². The van der Waals surface area contributed by atoms with E-state index in [1.165, 1.54) is 6.42 Å². The molecule has 2 aromatic heterocycles. The number of nitrogens with zero attached hydrogens (tertiary/aromatic N) is 6. The highest BCUT2D eigenvalue weighted by Gasteiger charge is 2.22. The number of ether oxygens (including phenoxy) is 1. The highest BCUT2D eigenvalue weighted by molar-refractivity contribution is 5.82. The van der Waals surface area contributed by atoms with Crippen LogP contribution in [-0.2, 0) is 0 Å². The summed E-state index contributed by atoms with van der Waals surface area (Å²) in [5.74, 6) is 0.936. The number of aromatic nitrogens is 3.